The van der Waals surface area contributed by atoms with Crippen LogP contribution in [0.1, 0.15) is 40.5 Å². The Morgan fingerprint density at radius 3 is 2.54 bits per heavy atom. The molecule has 0 aliphatic carbocycles. The molecule has 2 N–H and O–H groups in total. The molecule has 26 heavy (non-hydrogen) atoms. The molecule has 6 nitrogen and oxygen atoms in total. The number of benzene rings is 1. The summed E-state index contributed by atoms with van der Waals surface area (Å²) < 4.78 is 18.4. The molecule has 1 aromatic heterocycles. The number of carbonyl (C=O) groups excluding carboxylic acids is 1. The molecule has 1 saturated heterocycles. The molecular weight excluding hydrogens is 337 g/mol. The molecule has 0 radical (unpaired) electrons. The van der Waals surface area contributed by atoms with Crippen LogP contribution in [0.15, 0.2) is 28.7 Å². The van der Waals surface area contributed by atoms with Gasteiger partial charge in [0.1, 0.15) is 5.82 Å². The number of nitrogens with zero attached hydrogens (tertiary/aromatic N) is 2. The highest BCUT2D eigenvalue weighted by atomic mass is 19.1. The number of hydrogen-bond acceptors (Lipinski definition) is 5. The molecule has 1 aliphatic heterocycles. The van der Waals surface area contributed by atoms with Gasteiger partial charge < -0.3 is 19.7 Å². The van der Waals surface area contributed by atoms with Gasteiger partial charge >= 0.3 is 0 Å². The van der Waals surface area contributed by atoms with Crippen LogP contribution in [0.2, 0.25) is 0 Å². The SMILES string of the molecule is Cc1nc(C)c(C(=O)NCCN2CCC(O)(c3ccc(F)cc3)CC2)o1. The second-order valence-electron chi connectivity index (χ2n) is 6.78. The molecular formula is C19H24FN3O3. The summed E-state index contributed by atoms with van der Waals surface area (Å²) in [5.74, 6) is 0.168. The van der Waals surface area contributed by atoms with Crippen LogP contribution in [0.25, 0.3) is 0 Å². The van der Waals surface area contributed by atoms with Crippen molar-refractivity contribution in [2.24, 2.45) is 0 Å². The number of hydrogen-bond donors (Lipinski definition) is 2. The zero-order valence-electron chi connectivity index (χ0n) is 15.1. The number of carbonyl (C=O) groups is 1. The third-order valence-corrected chi connectivity index (χ3v) is 4.89. The number of likely N-dealkylation sites (tertiary alicyclic amines) is 1. The van der Waals surface area contributed by atoms with Crippen molar-refractivity contribution in [3.8, 4) is 0 Å². The van der Waals surface area contributed by atoms with Crippen LogP contribution >= 0.6 is 0 Å². The number of amides is 1. The second-order valence-corrected chi connectivity index (χ2v) is 6.78. The minimum atomic E-state index is -0.915. The first kappa shape index (κ1) is 18.5. The van der Waals surface area contributed by atoms with Crippen LogP contribution in [0, 0.1) is 19.7 Å². The van der Waals surface area contributed by atoms with Crippen molar-refractivity contribution in [2.45, 2.75) is 32.3 Å². The lowest BCUT2D eigenvalue weighted by Crippen LogP contribution is -2.45. The van der Waals surface area contributed by atoms with Crippen molar-refractivity contribution in [3.63, 3.8) is 0 Å². The molecule has 3 rings (SSSR count). The molecule has 2 heterocycles. The third kappa shape index (κ3) is 4.11. The van der Waals surface area contributed by atoms with Crippen molar-refractivity contribution < 1.29 is 18.7 Å². The number of aromatic nitrogens is 1. The lowest BCUT2D eigenvalue weighted by atomic mass is 9.84. The Bertz CT molecular complexity index is 765. The Balaban J connectivity index is 1.46. The third-order valence-electron chi connectivity index (χ3n) is 4.89. The molecule has 0 spiro atoms. The Morgan fingerprint density at radius 1 is 1.31 bits per heavy atom. The molecule has 0 bridgehead atoms. The predicted octanol–water partition coefficient (Wildman–Crippen LogP) is 2.14. The predicted molar refractivity (Wildman–Crippen MR) is 94.3 cm³/mol. The Labute approximate surface area is 152 Å². The number of nitrogens with one attached hydrogen (secondary N) is 1. The fourth-order valence-electron chi connectivity index (χ4n) is 3.35. The summed E-state index contributed by atoms with van der Waals surface area (Å²) in [5.41, 5.74) is 0.424. The van der Waals surface area contributed by atoms with E-state index in [-0.39, 0.29) is 17.5 Å². The van der Waals surface area contributed by atoms with Crippen LogP contribution in [0.3, 0.4) is 0 Å². The van der Waals surface area contributed by atoms with Gasteiger partial charge in [0.25, 0.3) is 5.91 Å². The molecule has 0 unspecified atom stereocenters. The van der Waals surface area contributed by atoms with E-state index in [9.17, 15) is 14.3 Å². The van der Waals surface area contributed by atoms with Gasteiger partial charge in [0, 0.05) is 33.1 Å². The van der Waals surface area contributed by atoms with Gasteiger partial charge in [-0.05, 0) is 37.5 Å². The number of halogens is 1. The lowest BCUT2D eigenvalue weighted by Gasteiger charge is -2.38. The number of piperidine rings is 1. The van der Waals surface area contributed by atoms with E-state index < -0.39 is 5.60 Å². The van der Waals surface area contributed by atoms with Gasteiger partial charge in [-0.25, -0.2) is 9.37 Å². The van der Waals surface area contributed by atoms with Crippen molar-refractivity contribution >= 4 is 5.91 Å². The molecule has 1 amide bonds. The molecule has 7 heteroatoms. The average Bonchev–Trinajstić information content (AvgIpc) is 2.95. The van der Waals surface area contributed by atoms with Crippen LogP contribution in [0.4, 0.5) is 4.39 Å². The van der Waals surface area contributed by atoms with Crippen molar-refractivity contribution in [1.29, 1.82) is 0 Å². The Hall–Kier alpha value is -2.25. The normalized spacial score (nSPS) is 17.2. The van der Waals surface area contributed by atoms with E-state index in [2.05, 4.69) is 15.2 Å². The second kappa shape index (κ2) is 7.55. The monoisotopic (exact) mass is 361 g/mol. The van der Waals surface area contributed by atoms with Gasteiger partial charge in [-0.2, -0.15) is 0 Å². The van der Waals surface area contributed by atoms with E-state index in [0.29, 0.717) is 50.6 Å². The molecule has 1 aliphatic rings. The van der Waals surface area contributed by atoms with Crippen LogP contribution in [-0.2, 0) is 5.60 Å². The quantitative estimate of drug-likeness (QED) is 0.853. The summed E-state index contributed by atoms with van der Waals surface area (Å²) in [6, 6.07) is 6.05. The molecule has 0 atom stereocenters. The van der Waals surface area contributed by atoms with Gasteiger partial charge in [0.05, 0.1) is 11.3 Å². The number of rotatable bonds is 5. The van der Waals surface area contributed by atoms with Gasteiger partial charge in [0.2, 0.25) is 5.76 Å². The van der Waals surface area contributed by atoms with E-state index in [4.69, 9.17) is 4.42 Å². The Kier molecular flexibility index (Phi) is 5.38. The molecule has 2 aromatic rings. The van der Waals surface area contributed by atoms with Crippen LogP contribution in [0.5, 0.6) is 0 Å². The van der Waals surface area contributed by atoms with Crippen molar-refractivity contribution in [3.05, 3.63) is 53.0 Å². The summed E-state index contributed by atoms with van der Waals surface area (Å²) in [6.45, 7) is 6.06. The first-order valence-electron chi connectivity index (χ1n) is 8.80. The standard InChI is InChI=1S/C19H24FN3O3/c1-13-17(26-14(2)22-13)18(24)21-9-12-23-10-7-19(25,8-11-23)15-3-5-16(20)6-4-15/h3-6,25H,7-12H2,1-2H3,(H,21,24). The molecule has 0 saturated carbocycles. The van der Waals surface area contributed by atoms with E-state index in [1.807, 2.05) is 0 Å². The number of aryl methyl sites for hydroxylation is 2. The topological polar surface area (TPSA) is 78.6 Å². The minimum Gasteiger partial charge on any atom is -0.436 e. The van der Waals surface area contributed by atoms with E-state index in [0.717, 1.165) is 5.56 Å². The van der Waals surface area contributed by atoms with E-state index in [1.54, 1.807) is 26.0 Å². The maximum atomic E-state index is 13.1. The highest BCUT2D eigenvalue weighted by Gasteiger charge is 2.33. The van der Waals surface area contributed by atoms with E-state index in [1.165, 1.54) is 12.1 Å². The summed E-state index contributed by atoms with van der Waals surface area (Å²) in [6.07, 6.45) is 1.15. The first-order valence-corrected chi connectivity index (χ1v) is 8.80. The molecule has 1 fully saturated rings. The maximum absolute atomic E-state index is 13.1. The highest BCUT2D eigenvalue weighted by Crippen LogP contribution is 2.32. The van der Waals surface area contributed by atoms with Gasteiger partial charge in [-0.15, -0.1) is 0 Å². The smallest absolute Gasteiger partial charge is 0.289 e. The zero-order chi connectivity index (χ0) is 18.7. The fourth-order valence-corrected chi connectivity index (χ4v) is 3.35. The summed E-state index contributed by atoms with van der Waals surface area (Å²) in [7, 11) is 0. The van der Waals surface area contributed by atoms with Crippen molar-refractivity contribution in [2.75, 3.05) is 26.2 Å². The fraction of sp³-hybridized carbons (Fsp3) is 0.474. The minimum absolute atomic E-state index is 0.256. The van der Waals surface area contributed by atoms with Gasteiger partial charge in [-0.1, -0.05) is 12.1 Å². The van der Waals surface area contributed by atoms with Gasteiger partial charge in [0.15, 0.2) is 5.89 Å². The largest absolute Gasteiger partial charge is 0.436 e. The average molecular weight is 361 g/mol. The summed E-state index contributed by atoms with van der Waals surface area (Å²) in [4.78, 5) is 18.4. The maximum Gasteiger partial charge on any atom is 0.289 e. The number of oxazole rings is 1. The zero-order valence-corrected chi connectivity index (χ0v) is 15.1. The first-order chi connectivity index (χ1) is 12.4. The summed E-state index contributed by atoms with van der Waals surface area (Å²) >= 11 is 0. The van der Waals surface area contributed by atoms with E-state index >= 15 is 0 Å². The summed E-state index contributed by atoms with van der Waals surface area (Å²) in [5, 5.41) is 13.6. The Morgan fingerprint density at radius 2 is 1.96 bits per heavy atom. The van der Waals surface area contributed by atoms with Crippen molar-refractivity contribution in [1.82, 2.24) is 15.2 Å². The molecule has 1 aromatic carbocycles. The highest BCUT2D eigenvalue weighted by molar-refractivity contribution is 5.92. The van der Waals surface area contributed by atoms with Gasteiger partial charge in [-0.3, -0.25) is 4.79 Å². The van der Waals surface area contributed by atoms with Crippen LogP contribution in [-0.4, -0.2) is 47.1 Å². The number of aliphatic hydroxyl groups is 1. The van der Waals surface area contributed by atoms with Crippen LogP contribution < -0.4 is 5.32 Å². The molecule has 140 valence electrons. The lowest BCUT2D eigenvalue weighted by molar-refractivity contribution is -0.0255.